The molecule has 4 saturated carbocycles. The molecule has 0 spiro atoms. The minimum absolute atomic E-state index is 0.171. The Balaban J connectivity index is 1.47. The molecule has 0 amide bonds. The van der Waals surface area contributed by atoms with Gasteiger partial charge < -0.3 is 9.84 Å². The molecule has 0 unspecified atom stereocenters. The Morgan fingerprint density at radius 3 is 2.45 bits per heavy atom. The number of aliphatic hydroxyl groups is 1. The third-order valence-corrected chi connectivity index (χ3v) is 11.9. The highest BCUT2D eigenvalue weighted by atomic mass is 127. The molecule has 1 N–H and O–H groups in total. The van der Waals surface area contributed by atoms with Crippen molar-refractivity contribution in [1.82, 2.24) is 0 Å². The Morgan fingerprint density at radius 2 is 1.76 bits per heavy atom. The van der Waals surface area contributed by atoms with Gasteiger partial charge in [-0.15, -0.1) is 0 Å². The van der Waals surface area contributed by atoms with E-state index in [0.29, 0.717) is 15.8 Å². The normalized spacial score (nSPS) is 45.8. The van der Waals surface area contributed by atoms with Crippen molar-refractivity contribution in [3.63, 3.8) is 0 Å². The van der Waals surface area contributed by atoms with Gasteiger partial charge in [-0.3, -0.25) is 4.79 Å². The monoisotopic (exact) mass is 572 g/mol. The van der Waals surface area contributed by atoms with Crippen molar-refractivity contribution in [2.45, 2.75) is 117 Å². The van der Waals surface area contributed by atoms with Crippen LogP contribution >= 0.6 is 22.6 Å². The maximum absolute atomic E-state index is 12.0. The number of aliphatic hydroxyl groups excluding tert-OH is 1. The molecule has 0 aromatic carbocycles. The van der Waals surface area contributed by atoms with Crippen LogP contribution in [0.2, 0.25) is 0 Å². The summed E-state index contributed by atoms with van der Waals surface area (Å²) in [7, 11) is 0. The summed E-state index contributed by atoms with van der Waals surface area (Å²) >= 11 is 2.07. The van der Waals surface area contributed by atoms with Gasteiger partial charge in [0.15, 0.2) is 0 Å². The minimum atomic E-state index is -0.483. The summed E-state index contributed by atoms with van der Waals surface area (Å²) in [6.07, 6.45) is 13.2. The van der Waals surface area contributed by atoms with E-state index in [2.05, 4.69) is 57.2 Å². The molecule has 0 aliphatic heterocycles. The van der Waals surface area contributed by atoms with Gasteiger partial charge in [-0.2, -0.15) is 0 Å². The van der Waals surface area contributed by atoms with Crippen LogP contribution in [-0.2, 0) is 9.53 Å². The SMILES string of the molecule is CC(C)CCC[C@@H](C)[C@H]1CC[C@H]2[C@@H]3CC[C@H]4C[C@@H](O)[C@@H](OC(=O)CI)C[C@]4(C)[C@H]3CC[C@]12C. The first-order chi connectivity index (χ1) is 15.6. The molecule has 0 aromatic heterocycles. The predicted octanol–water partition coefficient (Wildman–Crippen LogP) is 7.43. The van der Waals surface area contributed by atoms with Crippen molar-refractivity contribution in [3.05, 3.63) is 0 Å². The Morgan fingerprint density at radius 1 is 1.03 bits per heavy atom. The summed E-state index contributed by atoms with van der Waals surface area (Å²) in [4.78, 5) is 12.0. The first kappa shape index (κ1) is 26.2. The molecule has 4 rings (SSSR count). The highest BCUT2D eigenvalue weighted by molar-refractivity contribution is 14.1. The van der Waals surface area contributed by atoms with E-state index in [0.717, 1.165) is 48.3 Å². The first-order valence-electron chi connectivity index (χ1n) is 14.0. The maximum atomic E-state index is 12.0. The van der Waals surface area contributed by atoms with E-state index < -0.39 is 6.10 Å². The van der Waals surface area contributed by atoms with E-state index in [9.17, 15) is 9.90 Å². The van der Waals surface area contributed by atoms with Gasteiger partial charge in [-0.1, -0.05) is 76.5 Å². The van der Waals surface area contributed by atoms with Gasteiger partial charge in [0.2, 0.25) is 0 Å². The molecule has 190 valence electrons. The Bertz CT molecular complexity index is 694. The summed E-state index contributed by atoms with van der Waals surface area (Å²) in [5, 5.41) is 10.8. The predicted molar refractivity (Wildman–Crippen MR) is 143 cm³/mol. The van der Waals surface area contributed by atoms with Crippen molar-refractivity contribution in [1.29, 1.82) is 0 Å². The summed E-state index contributed by atoms with van der Waals surface area (Å²) in [6, 6.07) is 0. The smallest absolute Gasteiger partial charge is 0.316 e. The fourth-order valence-electron chi connectivity index (χ4n) is 9.60. The second-order valence-electron chi connectivity index (χ2n) is 13.4. The van der Waals surface area contributed by atoms with Crippen LogP contribution in [0.1, 0.15) is 105 Å². The van der Waals surface area contributed by atoms with E-state index in [1.54, 1.807) is 0 Å². The molecule has 4 aliphatic rings. The van der Waals surface area contributed by atoms with Gasteiger partial charge in [0.05, 0.1) is 10.5 Å². The van der Waals surface area contributed by atoms with E-state index >= 15 is 0 Å². The number of esters is 1. The summed E-state index contributed by atoms with van der Waals surface area (Å²) in [6.45, 7) is 12.4. The van der Waals surface area contributed by atoms with Crippen molar-refractivity contribution in [2.75, 3.05) is 4.43 Å². The van der Waals surface area contributed by atoms with Crippen LogP contribution in [0.25, 0.3) is 0 Å². The lowest BCUT2D eigenvalue weighted by Crippen LogP contribution is -2.57. The molecule has 0 heterocycles. The molecular weight excluding hydrogens is 523 g/mol. The van der Waals surface area contributed by atoms with Gasteiger partial charge in [0.1, 0.15) is 6.10 Å². The minimum Gasteiger partial charge on any atom is -0.459 e. The van der Waals surface area contributed by atoms with E-state index in [1.165, 1.54) is 57.8 Å². The third kappa shape index (κ3) is 4.91. The Hall–Kier alpha value is 0.160. The van der Waals surface area contributed by atoms with Crippen LogP contribution in [0.5, 0.6) is 0 Å². The topological polar surface area (TPSA) is 46.5 Å². The number of carbonyl (C=O) groups is 1. The van der Waals surface area contributed by atoms with Gasteiger partial charge in [0, 0.05) is 0 Å². The lowest BCUT2D eigenvalue weighted by atomic mass is 9.44. The third-order valence-electron chi connectivity index (χ3n) is 11.3. The van der Waals surface area contributed by atoms with Crippen molar-refractivity contribution in [3.8, 4) is 0 Å². The Labute approximate surface area is 216 Å². The van der Waals surface area contributed by atoms with Crippen LogP contribution < -0.4 is 0 Å². The quantitative estimate of drug-likeness (QED) is 0.196. The number of carbonyl (C=O) groups excluding carboxylic acids is 1. The van der Waals surface area contributed by atoms with E-state index in [1.807, 2.05) is 0 Å². The first-order valence-corrected chi connectivity index (χ1v) is 15.6. The highest BCUT2D eigenvalue weighted by Gasteiger charge is 2.61. The van der Waals surface area contributed by atoms with E-state index in [4.69, 9.17) is 4.74 Å². The van der Waals surface area contributed by atoms with Crippen molar-refractivity contribution in [2.24, 2.45) is 52.3 Å². The number of hydrogen-bond acceptors (Lipinski definition) is 3. The Kier molecular flexibility index (Phi) is 8.16. The number of fused-ring (bicyclic) bond motifs is 5. The fraction of sp³-hybridized carbons (Fsp3) is 0.966. The number of rotatable bonds is 7. The molecule has 0 radical (unpaired) electrons. The fourth-order valence-corrected chi connectivity index (χ4v) is 9.78. The summed E-state index contributed by atoms with van der Waals surface area (Å²) < 4.78 is 6.12. The van der Waals surface area contributed by atoms with Gasteiger partial charge in [-0.05, 0) is 104 Å². The largest absolute Gasteiger partial charge is 0.459 e. The molecule has 4 heteroatoms. The van der Waals surface area contributed by atoms with Crippen molar-refractivity contribution >= 4 is 28.6 Å². The van der Waals surface area contributed by atoms with Crippen LogP contribution in [-0.4, -0.2) is 27.7 Å². The second-order valence-corrected chi connectivity index (χ2v) is 14.1. The zero-order valence-electron chi connectivity index (χ0n) is 21.8. The van der Waals surface area contributed by atoms with E-state index in [-0.39, 0.29) is 17.5 Å². The number of ether oxygens (including phenoxy) is 1. The highest BCUT2D eigenvalue weighted by Crippen LogP contribution is 2.68. The molecule has 10 atom stereocenters. The average molecular weight is 573 g/mol. The zero-order valence-corrected chi connectivity index (χ0v) is 24.0. The molecule has 0 aromatic rings. The lowest BCUT2D eigenvalue weighted by Gasteiger charge is -2.62. The van der Waals surface area contributed by atoms with Gasteiger partial charge in [-0.25, -0.2) is 0 Å². The zero-order chi connectivity index (χ0) is 24.0. The maximum Gasteiger partial charge on any atom is 0.316 e. The van der Waals surface area contributed by atoms with Crippen molar-refractivity contribution < 1.29 is 14.6 Å². The molecule has 3 nitrogen and oxygen atoms in total. The lowest BCUT2D eigenvalue weighted by molar-refractivity contribution is -0.182. The molecule has 33 heavy (non-hydrogen) atoms. The molecule has 4 aliphatic carbocycles. The molecule has 4 fully saturated rings. The average Bonchev–Trinajstić information content (AvgIpc) is 3.11. The number of alkyl halides is 1. The van der Waals surface area contributed by atoms with Crippen LogP contribution in [0.3, 0.4) is 0 Å². The van der Waals surface area contributed by atoms with Crippen LogP contribution in [0.15, 0.2) is 0 Å². The van der Waals surface area contributed by atoms with Crippen LogP contribution in [0.4, 0.5) is 0 Å². The standard InChI is InChI=1S/C29H49IO3/c1-18(2)7-6-8-19(3)22-11-12-23-21-10-9-20-15-25(31)26(33-27(32)17-30)16-29(20,5)24(21)13-14-28(22,23)4/h18-26,31H,6-17H2,1-5H3/t19-,20+,21+,22-,23+,24+,25-,26+,28-,29+/m1/s1. The molecule has 0 bridgehead atoms. The van der Waals surface area contributed by atoms with Gasteiger partial charge in [0.25, 0.3) is 0 Å². The molecular formula is C29H49IO3. The number of halogens is 1. The molecule has 0 saturated heterocycles. The van der Waals surface area contributed by atoms with Gasteiger partial charge >= 0.3 is 5.97 Å². The number of hydrogen-bond donors (Lipinski definition) is 1. The summed E-state index contributed by atoms with van der Waals surface area (Å²) in [5.41, 5.74) is 0.726. The summed E-state index contributed by atoms with van der Waals surface area (Å²) in [5.74, 6) is 5.41. The second kappa shape index (κ2) is 10.3. The van der Waals surface area contributed by atoms with Crippen LogP contribution in [0, 0.1) is 52.3 Å².